The van der Waals surface area contributed by atoms with Crippen LogP contribution < -0.4 is 10.1 Å². The summed E-state index contributed by atoms with van der Waals surface area (Å²) in [5.41, 5.74) is 2.64. The second-order valence-corrected chi connectivity index (χ2v) is 7.68. The van der Waals surface area contributed by atoms with Gasteiger partial charge in [0, 0.05) is 28.7 Å². The number of benzene rings is 2. The smallest absolute Gasteiger partial charge is 0.205 e. The summed E-state index contributed by atoms with van der Waals surface area (Å²) in [4.78, 5) is 7.42. The Bertz CT molecular complexity index is 997. The van der Waals surface area contributed by atoms with Gasteiger partial charge in [-0.15, -0.1) is 0 Å². The van der Waals surface area contributed by atoms with Crippen LogP contribution in [0.25, 0.3) is 0 Å². The van der Waals surface area contributed by atoms with Crippen LogP contribution in [0.2, 0.25) is 10.0 Å². The molecular formula is C21H21Cl2N3O3. The monoisotopic (exact) mass is 433 g/mol. The third kappa shape index (κ3) is 4.21. The van der Waals surface area contributed by atoms with Crippen molar-refractivity contribution < 1.29 is 14.2 Å². The topological polar surface area (TPSA) is 68.4 Å². The van der Waals surface area contributed by atoms with Crippen molar-refractivity contribution in [3.63, 3.8) is 0 Å². The number of aryl methyl sites for hydroxylation is 1. The summed E-state index contributed by atoms with van der Waals surface area (Å²) in [6, 6.07) is 11.1. The molecule has 4 rings (SSSR count). The summed E-state index contributed by atoms with van der Waals surface area (Å²) in [5, 5.41) is 4.39. The third-order valence-corrected chi connectivity index (χ3v) is 5.37. The zero-order chi connectivity index (χ0) is 20.4. The zero-order valence-corrected chi connectivity index (χ0v) is 17.6. The summed E-state index contributed by atoms with van der Waals surface area (Å²) in [6.45, 7) is 2.33. The number of nitrogens with zero attached hydrogens (tertiary/aromatic N) is 1. The van der Waals surface area contributed by atoms with E-state index >= 15 is 0 Å². The number of anilines is 1. The van der Waals surface area contributed by atoms with Gasteiger partial charge in [-0.3, -0.25) is 0 Å². The van der Waals surface area contributed by atoms with Gasteiger partial charge in [0.15, 0.2) is 6.23 Å². The van der Waals surface area contributed by atoms with Crippen LogP contribution >= 0.6 is 23.2 Å². The number of rotatable bonds is 6. The Hall–Kier alpha value is -2.25. The average molecular weight is 434 g/mol. The van der Waals surface area contributed by atoms with Crippen molar-refractivity contribution in [2.75, 3.05) is 19.0 Å². The molecule has 152 valence electrons. The second kappa shape index (κ2) is 8.24. The Morgan fingerprint density at radius 3 is 2.83 bits per heavy atom. The van der Waals surface area contributed by atoms with E-state index in [4.69, 9.17) is 37.4 Å². The van der Waals surface area contributed by atoms with E-state index in [0.29, 0.717) is 28.6 Å². The number of nitrogens with one attached hydrogen (secondary N) is 2. The Morgan fingerprint density at radius 1 is 1.28 bits per heavy atom. The predicted octanol–water partition coefficient (Wildman–Crippen LogP) is 4.91. The number of aromatic nitrogens is 2. The highest BCUT2D eigenvalue weighted by atomic mass is 35.5. The summed E-state index contributed by atoms with van der Waals surface area (Å²) in [5.74, 6) is 0.481. The van der Waals surface area contributed by atoms with Gasteiger partial charge in [-0.2, -0.15) is 0 Å². The number of methoxy groups -OCH3 is 1. The first-order valence-electron chi connectivity index (χ1n) is 9.16. The maximum atomic E-state index is 6.49. The van der Waals surface area contributed by atoms with Gasteiger partial charge in [0.05, 0.1) is 25.2 Å². The van der Waals surface area contributed by atoms with E-state index in [2.05, 4.69) is 15.3 Å². The van der Waals surface area contributed by atoms with Crippen LogP contribution in [-0.2, 0) is 21.7 Å². The number of hydrogen-bond acceptors (Lipinski definition) is 5. The van der Waals surface area contributed by atoms with E-state index < -0.39 is 5.79 Å². The molecule has 1 aromatic heterocycles. The van der Waals surface area contributed by atoms with Crippen molar-refractivity contribution in [3.05, 3.63) is 75.8 Å². The number of aromatic amines is 1. The van der Waals surface area contributed by atoms with E-state index in [1.54, 1.807) is 31.6 Å². The van der Waals surface area contributed by atoms with Gasteiger partial charge in [-0.1, -0.05) is 29.3 Å². The molecule has 1 saturated heterocycles. The molecule has 0 spiro atoms. The third-order valence-electron chi connectivity index (χ3n) is 4.82. The Balaban J connectivity index is 1.60. The van der Waals surface area contributed by atoms with E-state index in [-0.39, 0.29) is 6.23 Å². The molecule has 2 heterocycles. The molecule has 0 aliphatic carbocycles. The van der Waals surface area contributed by atoms with Gasteiger partial charge < -0.3 is 24.5 Å². The van der Waals surface area contributed by atoms with Gasteiger partial charge >= 0.3 is 0 Å². The van der Waals surface area contributed by atoms with Crippen molar-refractivity contribution in [3.8, 4) is 5.75 Å². The summed E-state index contributed by atoms with van der Waals surface area (Å²) < 4.78 is 17.9. The van der Waals surface area contributed by atoms with Gasteiger partial charge in [0.2, 0.25) is 5.79 Å². The van der Waals surface area contributed by atoms with Crippen molar-refractivity contribution in [2.45, 2.75) is 25.4 Å². The molecule has 6 nitrogen and oxygen atoms in total. The number of imidazole rings is 1. The van der Waals surface area contributed by atoms with Crippen LogP contribution in [0.5, 0.6) is 5.75 Å². The molecule has 3 aromatic rings. The molecule has 1 aliphatic rings. The van der Waals surface area contributed by atoms with Crippen molar-refractivity contribution in [1.82, 2.24) is 9.97 Å². The highest BCUT2D eigenvalue weighted by Gasteiger charge is 2.45. The SMILES string of the molecule is COc1ccc(NC2COC(Cc3ncc[nH]3)(c3ccc(Cl)cc3Cl)O2)cc1C. The first-order chi connectivity index (χ1) is 14.0. The lowest BCUT2D eigenvalue weighted by Crippen LogP contribution is -2.33. The first-order valence-corrected chi connectivity index (χ1v) is 9.91. The Labute approximate surface area is 179 Å². The molecule has 0 bridgehead atoms. The highest BCUT2D eigenvalue weighted by molar-refractivity contribution is 6.35. The van der Waals surface area contributed by atoms with Gasteiger partial charge in [-0.05, 0) is 42.8 Å². The van der Waals surface area contributed by atoms with Crippen molar-refractivity contribution in [2.24, 2.45) is 0 Å². The Kier molecular flexibility index (Phi) is 5.69. The molecule has 0 amide bonds. The molecule has 1 aliphatic heterocycles. The van der Waals surface area contributed by atoms with Gasteiger partial charge in [-0.25, -0.2) is 4.98 Å². The molecule has 2 aromatic carbocycles. The van der Waals surface area contributed by atoms with Crippen molar-refractivity contribution >= 4 is 28.9 Å². The molecular weight excluding hydrogens is 413 g/mol. The van der Waals surface area contributed by atoms with Crippen LogP contribution in [-0.4, -0.2) is 29.9 Å². The quantitative estimate of drug-likeness (QED) is 0.577. The van der Waals surface area contributed by atoms with E-state index in [0.717, 1.165) is 22.8 Å². The largest absolute Gasteiger partial charge is 0.496 e. The molecule has 0 saturated carbocycles. The first kappa shape index (κ1) is 20.0. The average Bonchev–Trinajstić information content (AvgIpc) is 3.33. The molecule has 2 N–H and O–H groups in total. The van der Waals surface area contributed by atoms with Gasteiger partial charge in [0.1, 0.15) is 11.6 Å². The Morgan fingerprint density at radius 2 is 2.14 bits per heavy atom. The number of hydrogen-bond donors (Lipinski definition) is 2. The maximum absolute atomic E-state index is 6.49. The molecule has 1 fully saturated rings. The lowest BCUT2D eigenvalue weighted by molar-refractivity contribution is -0.174. The number of halogens is 2. The lowest BCUT2D eigenvalue weighted by Gasteiger charge is -2.29. The maximum Gasteiger partial charge on any atom is 0.205 e. The van der Waals surface area contributed by atoms with E-state index in [1.807, 2.05) is 31.2 Å². The molecule has 2 atom stereocenters. The van der Waals surface area contributed by atoms with Crippen LogP contribution in [0.3, 0.4) is 0 Å². The minimum Gasteiger partial charge on any atom is -0.496 e. The number of H-pyrrole nitrogens is 1. The fraction of sp³-hybridized carbons (Fsp3) is 0.286. The molecule has 29 heavy (non-hydrogen) atoms. The molecule has 0 radical (unpaired) electrons. The van der Waals surface area contributed by atoms with Crippen LogP contribution in [0, 0.1) is 6.92 Å². The minimum absolute atomic E-state index is 0.338. The lowest BCUT2D eigenvalue weighted by atomic mass is 10.0. The standard InChI is InChI=1S/C21H21Cl2N3O3/c1-13-9-15(4-6-18(13)27-2)26-20-12-28-21(29-20,11-19-24-7-8-25-19)16-5-3-14(22)10-17(16)23/h3-10,20,26H,11-12H2,1-2H3,(H,24,25). The van der Waals surface area contributed by atoms with E-state index in [1.165, 1.54) is 0 Å². The fourth-order valence-corrected chi connectivity index (χ4v) is 4.03. The van der Waals surface area contributed by atoms with Gasteiger partial charge in [0.25, 0.3) is 0 Å². The van der Waals surface area contributed by atoms with Crippen molar-refractivity contribution in [1.29, 1.82) is 0 Å². The summed E-state index contributed by atoms with van der Waals surface area (Å²) in [7, 11) is 1.65. The van der Waals surface area contributed by atoms with Crippen LogP contribution in [0.1, 0.15) is 17.0 Å². The van der Waals surface area contributed by atoms with E-state index in [9.17, 15) is 0 Å². The normalized spacial score (nSPS) is 21.3. The number of ether oxygens (including phenoxy) is 3. The zero-order valence-electron chi connectivity index (χ0n) is 16.0. The highest BCUT2D eigenvalue weighted by Crippen LogP contribution is 2.41. The summed E-state index contributed by atoms with van der Waals surface area (Å²) in [6.07, 6.45) is 3.46. The molecule has 2 unspecified atom stereocenters. The second-order valence-electron chi connectivity index (χ2n) is 6.84. The fourth-order valence-electron chi connectivity index (χ4n) is 3.48. The minimum atomic E-state index is -1.08. The van der Waals surface area contributed by atoms with Crippen LogP contribution in [0.4, 0.5) is 5.69 Å². The van der Waals surface area contributed by atoms with Crippen LogP contribution in [0.15, 0.2) is 48.8 Å². The summed E-state index contributed by atoms with van der Waals surface area (Å²) >= 11 is 12.6. The predicted molar refractivity (Wildman–Crippen MR) is 113 cm³/mol. The molecule has 8 heteroatoms.